The van der Waals surface area contributed by atoms with Crippen LogP contribution in [0.4, 0.5) is 0 Å². The van der Waals surface area contributed by atoms with E-state index in [1.54, 1.807) is 7.11 Å². The molecule has 0 unspecified atom stereocenters. The summed E-state index contributed by atoms with van der Waals surface area (Å²) in [6.07, 6.45) is 2.08. The van der Waals surface area contributed by atoms with Crippen molar-refractivity contribution in [3.63, 3.8) is 0 Å². The summed E-state index contributed by atoms with van der Waals surface area (Å²) in [5.74, 6) is 1.78. The van der Waals surface area contributed by atoms with Crippen LogP contribution in [0.15, 0.2) is 60.7 Å². The molecule has 2 nitrogen and oxygen atoms in total. The molecule has 0 aliphatic carbocycles. The highest BCUT2D eigenvalue weighted by molar-refractivity contribution is 5.90. The number of benzene rings is 2. The van der Waals surface area contributed by atoms with Crippen LogP contribution in [0.5, 0.6) is 11.5 Å². The number of para-hydroxylation sites is 1. The Bertz CT molecular complexity index is 696. The Kier molecular flexibility index (Phi) is 3.53. The average molecular weight is 278 g/mol. The van der Waals surface area contributed by atoms with E-state index in [0.717, 1.165) is 33.8 Å². The van der Waals surface area contributed by atoms with Crippen LogP contribution < -0.4 is 9.47 Å². The van der Waals surface area contributed by atoms with Crippen LogP contribution in [-0.4, -0.2) is 13.2 Å². The Hall–Kier alpha value is -2.48. The Labute approximate surface area is 125 Å². The van der Waals surface area contributed by atoms with Gasteiger partial charge in [0.15, 0.2) is 0 Å². The number of rotatable bonds is 3. The quantitative estimate of drug-likeness (QED) is 0.765. The Morgan fingerprint density at radius 3 is 2.52 bits per heavy atom. The summed E-state index contributed by atoms with van der Waals surface area (Å²) in [5, 5.41) is 0. The van der Waals surface area contributed by atoms with Gasteiger partial charge in [0.1, 0.15) is 17.6 Å². The molecule has 0 saturated carbocycles. The highest BCUT2D eigenvalue weighted by atomic mass is 16.5. The zero-order valence-corrected chi connectivity index (χ0v) is 12.3. The van der Waals surface area contributed by atoms with E-state index in [1.807, 2.05) is 49.4 Å². The first-order valence-corrected chi connectivity index (χ1v) is 6.96. The van der Waals surface area contributed by atoms with E-state index in [2.05, 4.69) is 18.7 Å². The molecule has 1 aliphatic rings. The minimum absolute atomic E-state index is 0.0792. The van der Waals surface area contributed by atoms with Gasteiger partial charge < -0.3 is 9.47 Å². The summed E-state index contributed by atoms with van der Waals surface area (Å²) in [6, 6.07) is 16.1. The number of ether oxygens (including phenoxy) is 2. The molecule has 0 aromatic heterocycles. The summed E-state index contributed by atoms with van der Waals surface area (Å²) in [5.41, 5.74) is 4.42. The molecule has 2 aromatic carbocycles. The maximum absolute atomic E-state index is 6.01. The third-order valence-electron chi connectivity index (χ3n) is 3.61. The van der Waals surface area contributed by atoms with Gasteiger partial charge >= 0.3 is 0 Å². The van der Waals surface area contributed by atoms with Crippen molar-refractivity contribution in [3.05, 3.63) is 71.8 Å². The SMILES string of the molecule is C=C(C)[C@@H]1Oc2ccccc2/C1=C\c1ccc(OC)cc1. The standard InChI is InChI=1S/C19H18O2/c1-13(2)19-17(16-6-4-5-7-18(16)21-19)12-14-8-10-15(20-3)11-9-14/h4-12,19H,1H2,2-3H3/b17-12+/t19-/m0/s1. The molecule has 1 heterocycles. The van der Waals surface area contributed by atoms with E-state index in [-0.39, 0.29) is 6.10 Å². The van der Waals surface area contributed by atoms with Crippen molar-refractivity contribution in [1.82, 2.24) is 0 Å². The minimum atomic E-state index is -0.0792. The second-order valence-electron chi connectivity index (χ2n) is 5.21. The van der Waals surface area contributed by atoms with Gasteiger partial charge in [0.05, 0.1) is 7.11 Å². The van der Waals surface area contributed by atoms with Gasteiger partial charge in [-0.05, 0) is 42.3 Å². The summed E-state index contributed by atoms with van der Waals surface area (Å²) >= 11 is 0. The van der Waals surface area contributed by atoms with Crippen LogP contribution in [0.2, 0.25) is 0 Å². The van der Waals surface area contributed by atoms with Crippen LogP contribution >= 0.6 is 0 Å². The van der Waals surface area contributed by atoms with Crippen molar-refractivity contribution in [2.45, 2.75) is 13.0 Å². The lowest BCUT2D eigenvalue weighted by atomic mass is 9.96. The van der Waals surface area contributed by atoms with E-state index in [0.29, 0.717) is 0 Å². The molecule has 0 saturated heterocycles. The molecular weight excluding hydrogens is 260 g/mol. The van der Waals surface area contributed by atoms with E-state index in [1.165, 1.54) is 0 Å². The fourth-order valence-electron chi connectivity index (χ4n) is 2.54. The molecule has 21 heavy (non-hydrogen) atoms. The largest absolute Gasteiger partial charge is 0.497 e. The number of hydrogen-bond acceptors (Lipinski definition) is 2. The van der Waals surface area contributed by atoms with E-state index < -0.39 is 0 Å². The number of hydrogen-bond donors (Lipinski definition) is 0. The topological polar surface area (TPSA) is 18.5 Å². The molecule has 2 heteroatoms. The van der Waals surface area contributed by atoms with Gasteiger partial charge in [-0.15, -0.1) is 0 Å². The fraction of sp³-hybridized carbons (Fsp3) is 0.158. The molecule has 0 bridgehead atoms. The van der Waals surface area contributed by atoms with Gasteiger partial charge in [0.2, 0.25) is 0 Å². The molecule has 0 radical (unpaired) electrons. The Balaban J connectivity index is 2.04. The first-order valence-electron chi connectivity index (χ1n) is 6.96. The zero-order chi connectivity index (χ0) is 14.8. The molecule has 0 fully saturated rings. The van der Waals surface area contributed by atoms with Gasteiger partial charge in [-0.1, -0.05) is 36.9 Å². The maximum Gasteiger partial charge on any atom is 0.145 e. The second kappa shape index (κ2) is 5.49. The summed E-state index contributed by atoms with van der Waals surface area (Å²) in [7, 11) is 1.67. The van der Waals surface area contributed by atoms with Crippen molar-refractivity contribution in [2.75, 3.05) is 7.11 Å². The lowest BCUT2D eigenvalue weighted by molar-refractivity contribution is 0.312. The van der Waals surface area contributed by atoms with Crippen molar-refractivity contribution >= 4 is 11.6 Å². The highest BCUT2D eigenvalue weighted by Crippen LogP contribution is 2.40. The molecule has 106 valence electrons. The van der Waals surface area contributed by atoms with Crippen LogP contribution in [-0.2, 0) is 0 Å². The summed E-state index contributed by atoms with van der Waals surface area (Å²) in [4.78, 5) is 0. The highest BCUT2D eigenvalue weighted by Gasteiger charge is 2.28. The minimum Gasteiger partial charge on any atom is -0.497 e. The smallest absolute Gasteiger partial charge is 0.145 e. The first kappa shape index (κ1) is 13.5. The van der Waals surface area contributed by atoms with Gasteiger partial charge in [0.25, 0.3) is 0 Å². The zero-order valence-electron chi connectivity index (χ0n) is 12.3. The van der Waals surface area contributed by atoms with Crippen molar-refractivity contribution < 1.29 is 9.47 Å². The van der Waals surface area contributed by atoms with Gasteiger partial charge in [-0.25, -0.2) is 0 Å². The van der Waals surface area contributed by atoms with E-state index in [4.69, 9.17) is 9.47 Å². The van der Waals surface area contributed by atoms with Crippen LogP contribution in [0.3, 0.4) is 0 Å². The van der Waals surface area contributed by atoms with E-state index >= 15 is 0 Å². The summed E-state index contributed by atoms with van der Waals surface area (Å²) in [6.45, 7) is 6.05. The van der Waals surface area contributed by atoms with Gasteiger partial charge in [-0.3, -0.25) is 0 Å². The fourth-order valence-corrected chi connectivity index (χ4v) is 2.54. The lowest BCUT2D eigenvalue weighted by Crippen LogP contribution is -2.12. The molecule has 0 N–H and O–H groups in total. The number of fused-ring (bicyclic) bond motifs is 1. The van der Waals surface area contributed by atoms with Crippen molar-refractivity contribution in [2.24, 2.45) is 0 Å². The maximum atomic E-state index is 6.01. The summed E-state index contributed by atoms with van der Waals surface area (Å²) < 4.78 is 11.2. The molecule has 3 rings (SSSR count). The van der Waals surface area contributed by atoms with E-state index in [9.17, 15) is 0 Å². The molecule has 0 amide bonds. The predicted molar refractivity (Wildman–Crippen MR) is 86.5 cm³/mol. The molecule has 1 aliphatic heterocycles. The van der Waals surface area contributed by atoms with Crippen molar-refractivity contribution in [3.8, 4) is 11.5 Å². The number of methoxy groups -OCH3 is 1. The molecular formula is C19H18O2. The molecule has 0 spiro atoms. The average Bonchev–Trinajstić information content (AvgIpc) is 2.87. The van der Waals surface area contributed by atoms with Crippen LogP contribution in [0.25, 0.3) is 11.6 Å². The van der Waals surface area contributed by atoms with Gasteiger partial charge in [0, 0.05) is 11.1 Å². The Morgan fingerprint density at radius 2 is 1.86 bits per heavy atom. The predicted octanol–water partition coefficient (Wildman–Crippen LogP) is 4.57. The van der Waals surface area contributed by atoms with Gasteiger partial charge in [-0.2, -0.15) is 0 Å². The molecule has 2 aromatic rings. The van der Waals surface area contributed by atoms with Crippen LogP contribution in [0, 0.1) is 0 Å². The third kappa shape index (κ3) is 2.57. The third-order valence-corrected chi connectivity index (χ3v) is 3.61. The first-order chi connectivity index (χ1) is 10.2. The second-order valence-corrected chi connectivity index (χ2v) is 5.21. The van der Waals surface area contributed by atoms with Crippen LogP contribution in [0.1, 0.15) is 18.1 Å². The van der Waals surface area contributed by atoms with Crippen molar-refractivity contribution in [1.29, 1.82) is 0 Å². The molecule has 1 atom stereocenters. The Morgan fingerprint density at radius 1 is 1.14 bits per heavy atom. The lowest BCUT2D eigenvalue weighted by Gasteiger charge is -2.12. The normalized spacial score (nSPS) is 18.2. The monoisotopic (exact) mass is 278 g/mol.